The monoisotopic (exact) mass is 269 g/mol. The molecule has 1 radical (unpaired) electrons. The Hall–Kier alpha value is -1.18. The van der Waals surface area contributed by atoms with E-state index in [-0.39, 0.29) is 0 Å². The first-order valence-corrected chi connectivity index (χ1v) is 5.92. The molecule has 1 aromatic carbocycles. The Kier molecular flexibility index (Phi) is 4.38. The van der Waals surface area contributed by atoms with Crippen LogP contribution in [0.3, 0.4) is 0 Å². The van der Waals surface area contributed by atoms with Gasteiger partial charge >= 0.3 is 0 Å². The van der Waals surface area contributed by atoms with E-state index in [2.05, 4.69) is 6.92 Å². The molecule has 105 valence electrons. The van der Waals surface area contributed by atoms with Crippen LogP contribution in [0.2, 0.25) is 0 Å². The summed E-state index contributed by atoms with van der Waals surface area (Å²) in [6.07, 6.45) is -6.37. The molecule has 0 bridgehead atoms. The smallest absolute Gasteiger partial charge is 0.229 e. The molecule has 0 saturated carbocycles. The van der Waals surface area contributed by atoms with E-state index in [0.29, 0.717) is 5.75 Å². The fraction of sp³-hybridized carbons (Fsp3) is 0.462. The summed E-state index contributed by atoms with van der Waals surface area (Å²) < 4.78 is 10.6. The van der Waals surface area contributed by atoms with Gasteiger partial charge in [-0.2, -0.15) is 0 Å². The maximum absolute atomic E-state index is 9.78. The molecule has 6 heteroatoms. The van der Waals surface area contributed by atoms with Gasteiger partial charge in [0.25, 0.3) is 0 Å². The number of aliphatic hydroxyl groups is 4. The highest BCUT2D eigenvalue weighted by atomic mass is 16.7. The average Bonchev–Trinajstić information content (AvgIpc) is 2.42. The Morgan fingerprint density at radius 1 is 1.05 bits per heavy atom. The molecule has 1 aromatic rings. The molecule has 1 heterocycles. The van der Waals surface area contributed by atoms with Gasteiger partial charge in [-0.15, -0.1) is 0 Å². The molecule has 1 aliphatic rings. The van der Waals surface area contributed by atoms with E-state index in [1.165, 1.54) is 0 Å². The number of hydrogen-bond donors (Lipinski definition) is 4. The van der Waals surface area contributed by atoms with Crippen molar-refractivity contribution in [1.82, 2.24) is 0 Å². The summed E-state index contributed by atoms with van der Waals surface area (Å²) in [4.78, 5) is 0. The first kappa shape index (κ1) is 14.2. The Labute approximate surface area is 110 Å². The van der Waals surface area contributed by atoms with Crippen LogP contribution in [0.15, 0.2) is 24.3 Å². The van der Waals surface area contributed by atoms with E-state index in [1.807, 2.05) is 0 Å². The molecular formula is C13H17O6. The fourth-order valence-electron chi connectivity index (χ4n) is 1.87. The van der Waals surface area contributed by atoms with Crippen LogP contribution in [0.5, 0.6) is 5.75 Å². The third-order valence-electron chi connectivity index (χ3n) is 3.02. The van der Waals surface area contributed by atoms with Gasteiger partial charge in [-0.05, 0) is 24.6 Å². The minimum absolute atomic E-state index is 0.428. The number of benzene rings is 1. The lowest BCUT2D eigenvalue weighted by Gasteiger charge is -2.39. The first-order chi connectivity index (χ1) is 9.02. The van der Waals surface area contributed by atoms with Crippen molar-refractivity contribution < 1.29 is 29.9 Å². The zero-order valence-electron chi connectivity index (χ0n) is 10.2. The van der Waals surface area contributed by atoms with Gasteiger partial charge in [-0.3, -0.25) is 0 Å². The van der Waals surface area contributed by atoms with Gasteiger partial charge in [0, 0.05) is 0 Å². The minimum atomic E-state index is -1.44. The fourth-order valence-corrected chi connectivity index (χ4v) is 1.87. The summed E-state index contributed by atoms with van der Waals surface area (Å²) in [5.41, 5.74) is 0.807. The van der Waals surface area contributed by atoms with Crippen molar-refractivity contribution in [2.45, 2.75) is 30.7 Å². The highest BCUT2D eigenvalue weighted by Crippen LogP contribution is 2.24. The summed E-state index contributed by atoms with van der Waals surface area (Å²) in [6, 6.07) is 6.73. The molecule has 0 aliphatic carbocycles. The second-order valence-corrected chi connectivity index (χ2v) is 4.46. The Morgan fingerprint density at radius 3 is 2.26 bits per heavy atom. The third-order valence-corrected chi connectivity index (χ3v) is 3.02. The molecule has 0 spiro atoms. The molecular weight excluding hydrogens is 252 g/mol. The van der Waals surface area contributed by atoms with Gasteiger partial charge in [0.1, 0.15) is 30.2 Å². The van der Waals surface area contributed by atoms with Crippen LogP contribution in [0.1, 0.15) is 5.56 Å². The van der Waals surface area contributed by atoms with Crippen molar-refractivity contribution >= 4 is 0 Å². The first-order valence-electron chi connectivity index (χ1n) is 5.92. The maximum Gasteiger partial charge on any atom is 0.229 e. The molecule has 19 heavy (non-hydrogen) atoms. The lowest BCUT2D eigenvalue weighted by Crippen LogP contribution is -2.60. The molecule has 0 aromatic heterocycles. The predicted octanol–water partition coefficient (Wildman–Crippen LogP) is -0.953. The number of ether oxygens (including phenoxy) is 2. The van der Waals surface area contributed by atoms with Crippen molar-refractivity contribution in [3.05, 3.63) is 36.8 Å². The molecule has 5 atom stereocenters. The molecule has 4 N–H and O–H groups in total. The second kappa shape index (κ2) is 5.85. The molecule has 1 fully saturated rings. The summed E-state index contributed by atoms with van der Waals surface area (Å²) in [5.74, 6) is 0.428. The Morgan fingerprint density at radius 2 is 1.68 bits per heavy atom. The topological polar surface area (TPSA) is 99.4 Å². The van der Waals surface area contributed by atoms with Gasteiger partial charge in [-0.25, -0.2) is 0 Å². The standard InChI is InChI=1S/C13H17O6/c1-7-2-4-8(5-3-7)18-13-12(17)11(16)10(15)9(6-14)19-13/h2-5,9-17H,1,6H2/t9-,10-,11+,12-,13-/m1/s1. The molecule has 1 aliphatic heterocycles. The van der Waals surface area contributed by atoms with E-state index >= 15 is 0 Å². The summed E-state index contributed by atoms with van der Waals surface area (Å²) >= 11 is 0. The normalized spacial score (nSPS) is 35.1. The van der Waals surface area contributed by atoms with E-state index in [9.17, 15) is 15.3 Å². The molecule has 1 saturated heterocycles. The third kappa shape index (κ3) is 3.05. The van der Waals surface area contributed by atoms with E-state index in [0.717, 1.165) is 5.56 Å². The van der Waals surface area contributed by atoms with Crippen LogP contribution < -0.4 is 4.74 Å². The van der Waals surface area contributed by atoms with E-state index in [4.69, 9.17) is 14.6 Å². The molecule has 2 rings (SSSR count). The predicted molar refractivity (Wildman–Crippen MR) is 65.3 cm³/mol. The van der Waals surface area contributed by atoms with Gasteiger partial charge in [0.2, 0.25) is 6.29 Å². The van der Waals surface area contributed by atoms with E-state index in [1.54, 1.807) is 24.3 Å². The second-order valence-electron chi connectivity index (χ2n) is 4.46. The van der Waals surface area contributed by atoms with Crippen molar-refractivity contribution in [2.24, 2.45) is 0 Å². The van der Waals surface area contributed by atoms with Crippen LogP contribution >= 0.6 is 0 Å². The zero-order chi connectivity index (χ0) is 14.0. The van der Waals surface area contributed by atoms with Crippen LogP contribution in [-0.2, 0) is 4.74 Å². The van der Waals surface area contributed by atoms with Gasteiger partial charge in [-0.1, -0.05) is 12.1 Å². The highest BCUT2D eigenvalue weighted by Gasteiger charge is 2.44. The van der Waals surface area contributed by atoms with Crippen molar-refractivity contribution in [1.29, 1.82) is 0 Å². The number of aliphatic hydroxyl groups excluding tert-OH is 4. The Balaban J connectivity index is 2.08. The van der Waals surface area contributed by atoms with Crippen LogP contribution in [-0.4, -0.2) is 57.7 Å². The van der Waals surface area contributed by atoms with Crippen molar-refractivity contribution in [2.75, 3.05) is 6.61 Å². The summed E-state index contributed by atoms with van der Waals surface area (Å²) in [7, 11) is 0. The summed E-state index contributed by atoms with van der Waals surface area (Å²) in [5, 5.41) is 38.1. The Bertz CT molecular complexity index is 404. The van der Waals surface area contributed by atoms with Crippen LogP contribution in [0.4, 0.5) is 0 Å². The van der Waals surface area contributed by atoms with Gasteiger partial charge in [0.05, 0.1) is 6.61 Å². The van der Waals surface area contributed by atoms with Crippen molar-refractivity contribution in [3.8, 4) is 5.75 Å². The largest absolute Gasteiger partial charge is 0.462 e. The lowest BCUT2D eigenvalue weighted by molar-refractivity contribution is -0.277. The summed E-state index contributed by atoms with van der Waals surface area (Å²) in [6.45, 7) is 3.24. The van der Waals surface area contributed by atoms with Crippen LogP contribution in [0, 0.1) is 6.92 Å². The quantitative estimate of drug-likeness (QED) is 0.564. The zero-order valence-corrected chi connectivity index (χ0v) is 10.2. The SMILES string of the molecule is [CH2]c1ccc(O[C@@H]2O[C@H](CO)[C@@H](O)[C@H](O)[C@H]2O)cc1. The minimum Gasteiger partial charge on any atom is -0.462 e. The van der Waals surface area contributed by atoms with Gasteiger partial charge < -0.3 is 29.9 Å². The van der Waals surface area contributed by atoms with Crippen molar-refractivity contribution in [3.63, 3.8) is 0 Å². The number of hydrogen-bond acceptors (Lipinski definition) is 6. The number of rotatable bonds is 3. The molecule has 6 nitrogen and oxygen atoms in total. The van der Waals surface area contributed by atoms with Gasteiger partial charge in [0.15, 0.2) is 0 Å². The highest BCUT2D eigenvalue weighted by molar-refractivity contribution is 5.28. The lowest BCUT2D eigenvalue weighted by atomic mass is 9.99. The van der Waals surface area contributed by atoms with E-state index < -0.39 is 37.3 Å². The average molecular weight is 269 g/mol. The molecule has 0 amide bonds. The molecule has 0 unspecified atom stereocenters. The maximum atomic E-state index is 9.78. The van der Waals surface area contributed by atoms with Crippen LogP contribution in [0.25, 0.3) is 0 Å².